The molecule has 352 valence electrons. The first kappa shape index (κ1) is 58.1. The fourth-order valence-corrected chi connectivity index (χ4v) is 7.88. The number of rotatable bonds is 49. The van der Waals surface area contributed by atoms with Crippen molar-refractivity contribution >= 4 is 11.9 Å². The molecule has 0 aromatic rings. The number of esters is 2. The summed E-state index contributed by atoms with van der Waals surface area (Å²) >= 11 is 0. The third-order valence-corrected chi connectivity index (χ3v) is 11.9. The van der Waals surface area contributed by atoms with Gasteiger partial charge in [0, 0.05) is 12.8 Å². The van der Waals surface area contributed by atoms with Crippen LogP contribution in [-0.2, 0) is 19.1 Å². The largest absolute Gasteiger partial charge is 0.462 e. The summed E-state index contributed by atoms with van der Waals surface area (Å²) in [5.74, 6) is -0.583. The van der Waals surface area contributed by atoms with Gasteiger partial charge >= 0.3 is 11.9 Å². The molecule has 0 aliphatic rings. The van der Waals surface area contributed by atoms with Gasteiger partial charge < -0.3 is 14.6 Å². The number of allylic oxidation sites excluding steroid dienone is 6. The Morgan fingerprint density at radius 1 is 0.383 bits per heavy atom. The molecule has 0 saturated heterocycles. The molecular weight excluding hydrogens is 741 g/mol. The van der Waals surface area contributed by atoms with Gasteiger partial charge in [0.1, 0.15) is 6.61 Å². The van der Waals surface area contributed by atoms with Crippen LogP contribution < -0.4 is 0 Å². The topological polar surface area (TPSA) is 72.8 Å². The summed E-state index contributed by atoms with van der Waals surface area (Å²) in [5, 5.41) is 9.63. The highest BCUT2D eigenvalue weighted by atomic mass is 16.6. The zero-order valence-electron chi connectivity index (χ0n) is 40.2. The maximum absolute atomic E-state index is 12.3. The van der Waals surface area contributed by atoms with Crippen molar-refractivity contribution in [2.24, 2.45) is 0 Å². The van der Waals surface area contributed by atoms with Gasteiger partial charge in [0.05, 0.1) is 6.61 Å². The number of unbranched alkanes of at least 4 members (excludes halogenated alkanes) is 35. The summed E-state index contributed by atoms with van der Waals surface area (Å²) in [4.78, 5) is 24.5. The Labute approximate surface area is 374 Å². The average Bonchev–Trinajstić information content (AvgIpc) is 3.25. The highest BCUT2D eigenvalue weighted by molar-refractivity contribution is 5.70. The van der Waals surface area contributed by atoms with Crippen molar-refractivity contribution in [2.75, 3.05) is 13.2 Å². The Morgan fingerprint density at radius 3 is 1.03 bits per heavy atom. The minimum absolute atomic E-state index is 0.0643. The molecule has 5 heteroatoms. The predicted molar refractivity (Wildman–Crippen MR) is 261 cm³/mol. The van der Waals surface area contributed by atoms with Gasteiger partial charge in [-0.15, -0.1) is 0 Å². The minimum atomic E-state index is -0.772. The first-order valence-electron chi connectivity index (χ1n) is 26.5. The SMILES string of the molecule is CCCCC/C=C\C/C=C\CCCCCCCCCCCC(=O)OC(CO)COC(=O)CCCCCCCCCCCCCCCCC/C=C\CCCCCCCCCC. The molecule has 0 fully saturated rings. The van der Waals surface area contributed by atoms with Gasteiger partial charge in [0.25, 0.3) is 0 Å². The van der Waals surface area contributed by atoms with Crippen molar-refractivity contribution in [1.29, 1.82) is 0 Å². The lowest BCUT2D eigenvalue weighted by atomic mass is 10.0. The van der Waals surface area contributed by atoms with E-state index in [-0.39, 0.29) is 25.2 Å². The molecule has 5 nitrogen and oxygen atoms in total. The number of carbonyl (C=O) groups is 2. The molecule has 1 N–H and O–H groups in total. The molecule has 0 bridgehead atoms. The Hall–Kier alpha value is -1.88. The average molecular weight is 843 g/mol. The summed E-state index contributed by atoms with van der Waals surface area (Å²) in [6.07, 6.45) is 65.3. The lowest BCUT2D eigenvalue weighted by molar-refractivity contribution is -0.161. The van der Waals surface area contributed by atoms with E-state index in [0.717, 1.165) is 44.9 Å². The maximum atomic E-state index is 12.3. The Morgan fingerprint density at radius 2 is 0.667 bits per heavy atom. The molecule has 1 atom stereocenters. The fourth-order valence-electron chi connectivity index (χ4n) is 7.88. The quantitative estimate of drug-likeness (QED) is 0.0375. The van der Waals surface area contributed by atoms with Crippen molar-refractivity contribution in [2.45, 2.75) is 290 Å². The Kier molecular flexibility index (Phi) is 49.9. The van der Waals surface area contributed by atoms with E-state index in [1.807, 2.05) is 0 Å². The molecule has 60 heavy (non-hydrogen) atoms. The molecule has 0 aromatic heterocycles. The van der Waals surface area contributed by atoms with Crippen molar-refractivity contribution in [3.63, 3.8) is 0 Å². The third-order valence-electron chi connectivity index (χ3n) is 11.9. The molecule has 0 aliphatic carbocycles. The first-order chi connectivity index (χ1) is 29.6. The van der Waals surface area contributed by atoms with Crippen LogP contribution >= 0.6 is 0 Å². The maximum Gasteiger partial charge on any atom is 0.306 e. The lowest BCUT2D eigenvalue weighted by Crippen LogP contribution is -2.28. The summed E-state index contributed by atoms with van der Waals surface area (Å²) < 4.78 is 10.7. The van der Waals surface area contributed by atoms with Crippen molar-refractivity contribution in [3.8, 4) is 0 Å². The van der Waals surface area contributed by atoms with Gasteiger partial charge in [-0.25, -0.2) is 0 Å². The summed E-state index contributed by atoms with van der Waals surface area (Å²) in [5.41, 5.74) is 0. The minimum Gasteiger partial charge on any atom is -0.462 e. The highest BCUT2D eigenvalue weighted by Crippen LogP contribution is 2.16. The first-order valence-corrected chi connectivity index (χ1v) is 26.5. The van der Waals surface area contributed by atoms with E-state index >= 15 is 0 Å². The molecule has 0 saturated carbocycles. The predicted octanol–water partition coefficient (Wildman–Crippen LogP) is 17.5. The number of aliphatic hydroxyl groups is 1. The van der Waals surface area contributed by atoms with Crippen LogP contribution in [0.2, 0.25) is 0 Å². The van der Waals surface area contributed by atoms with Crippen molar-refractivity contribution in [1.82, 2.24) is 0 Å². The second-order valence-electron chi connectivity index (χ2n) is 17.9. The van der Waals surface area contributed by atoms with Crippen LogP contribution in [-0.4, -0.2) is 36.4 Å². The molecule has 0 rings (SSSR count). The second-order valence-corrected chi connectivity index (χ2v) is 17.9. The lowest BCUT2D eigenvalue weighted by Gasteiger charge is -2.15. The van der Waals surface area contributed by atoms with E-state index in [0.29, 0.717) is 12.8 Å². The molecule has 0 amide bonds. The molecule has 0 aliphatic heterocycles. The Balaban J connectivity index is 3.45. The number of hydrogen-bond donors (Lipinski definition) is 1. The monoisotopic (exact) mass is 843 g/mol. The zero-order chi connectivity index (χ0) is 43.5. The van der Waals surface area contributed by atoms with Crippen LogP contribution in [0.15, 0.2) is 36.5 Å². The van der Waals surface area contributed by atoms with Gasteiger partial charge in [0.15, 0.2) is 6.10 Å². The van der Waals surface area contributed by atoms with E-state index in [1.54, 1.807) is 0 Å². The molecule has 0 heterocycles. The Bertz CT molecular complexity index is 955. The normalized spacial score (nSPS) is 12.4. The van der Waals surface area contributed by atoms with E-state index in [9.17, 15) is 14.7 Å². The van der Waals surface area contributed by atoms with Gasteiger partial charge in [-0.2, -0.15) is 0 Å². The number of hydrogen-bond acceptors (Lipinski definition) is 5. The van der Waals surface area contributed by atoms with Crippen LogP contribution in [0.25, 0.3) is 0 Å². The van der Waals surface area contributed by atoms with E-state index < -0.39 is 6.10 Å². The van der Waals surface area contributed by atoms with Crippen molar-refractivity contribution < 1.29 is 24.2 Å². The van der Waals surface area contributed by atoms with Gasteiger partial charge in [-0.05, 0) is 70.6 Å². The molecular formula is C55H102O5. The van der Waals surface area contributed by atoms with Gasteiger partial charge in [-0.1, -0.05) is 237 Å². The van der Waals surface area contributed by atoms with E-state index in [2.05, 4.69) is 50.3 Å². The summed E-state index contributed by atoms with van der Waals surface area (Å²) in [6, 6.07) is 0. The van der Waals surface area contributed by atoms with Crippen LogP contribution in [0.3, 0.4) is 0 Å². The highest BCUT2D eigenvalue weighted by Gasteiger charge is 2.16. The summed E-state index contributed by atoms with van der Waals surface area (Å²) in [7, 11) is 0. The zero-order valence-corrected chi connectivity index (χ0v) is 40.2. The van der Waals surface area contributed by atoms with Crippen LogP contribution in [0.1, 0.15) is 284 Å². The number of ether oxygens (including phenoxy) is 2. The van der Waals surface area contributed by atoms with Gasteiger partial charge in [0.2, 0.25) is 0 Å². The molecule has 0 aromatic carbocycles. The van der Waals surface area contributed by atoms with Crippen LogP contribution in [0.5, 0.6) is 0 Å². The summed E-state index contributed by atoms with van der Waals surface area (Å²) in [6.45, 7) is 4.14. The standard InChI is InChI=1S/C55H102O5/c1-3-5-7-9-11-13-15-17-19-21-23-24-25-26-27-28-29-30-32-33-35-37-39-41-43-45-47-49-54(57)59-52-53(51-56)60-55(58)50-48-46-44-42-40-38-36-34-31-22-20-18-16-14-12-10-8-6-4-2/h12,14,18,20-21,23,53,56H,3-11,13,15-17,19,22,24-52H2,1-2H3/b14-12-,20-18-,23-21-. The van der Waals surface area contributed by atoms with Crippen LogP contribution in [0.4, 0.5) is 0 Å². The van der Waals surface area contributed by atoms with E-state index in [1.165, 1.54) is 212 Å². The van der Waals surface area contributed by atoms with E-state index in [4.69, 9.17) is 9.47 Å². The van der Waals surface area contributed by atoms with Crippen LogP contribution in [0, 0.1) is 0 Å². The number of aliphatic hydroxyl groups excluding tert-OH is 1. The molecule has 1 unspecified atom stereocenters. The second kappa shape index (κ2) is 51.5. The van der Waals surface area contributed by atoms with Gasteiger partial charge in [-0.3, -0.25) is 9.59 Å². The molecule has 0 spiro atoms. The molecule has 0 radical (unpaired) electrons. The third kappa shape index (κ3) is 48.8. The number of carbonyl (C=O) groups excluding carboxylic acids is 2. The smallest absolute Gasteiger partial charge is 0.306 e. The van der Waals surface area contributed by atoms with Crippen molar-refractivity contribution in [3.05, 3.63) is 36.5 Å². The fraction of sp³-hybridized carbons (Fsp3) is 0.855.